The van der Waals surface area contributed by atoms with Gasteiger partial charge >= 0.3 is 0 Å². The van der Waals surface area contributed by atoms with Crippen LogP contribution in [0.3, 0.4) is 0 Å². The minimum atomic E-state index is -0.387. The number of carbonyl (C=O) groups excluding carboxylic acids is 1. The van der Waals surface area contributed by atoms with Crippen molar-refractivity contribution < 1.29 is 4.79 Å². The van der Waals surface area contributed by atoms with E-state index >= 15 is 0 Å². The van der Waals surface area contributed by atoms with Crippen molar-refractivity contribution in [2.45, 2.75) is 38.4 Å². The maximum Gasteiger partial charge on any atom is 0.243 e. The molecule has 0 radical (unpaired) electrons. The molecule has 1 aromatic rings. The molecule has 3 nitrogen and oxygen atoms in total. The second-order valence-electron chi connectivity index (χ2n) is 5.26. The third-order valence-electron chi connectivity index (χ3n) is 3.00. The average Bonchev–Trinajstić information content (AvgIpc) is 2.23. The number of β-lactam (4-membered cyclic amide) rings is 1. The predicted octanol–water partition coefficient (Wildman–Crippen LogP) is 1.70. The molecule has 16 heavy (non-hydrogen) atoms. The van der Waals surface area contributed by atoms with E-state index in [1.54, 1.807) is 0 Å². The molecular weight excluding hydrogens is 200 g/mol. The fourth-order valence-electron chi connectivity index (χ4n) is 2.27. The summed E-state index contributed by atoms with van der Waals surface area (Å²) in [6, 6.07) is 9.61. The molecule has 1 fully saturated rings. The molecule has 0 spiro atoms. The molecule has 1 saturated heterocycles. The molecule has 1 aliphatic heterocycles. The molecular formula is C13H18N2O. The Kier molecular flexibility index (Phi) is 2.50. The van der Waals surface area contributed by atoms with Gasteiger partial charge in [0.1, 0.15) is 6.04 Å². The van der Waals surface area contributed by atoms with Crippen LogP contribution in [0.1, 0.15) is 32.4 Å². The Morgan fingerprint density at radius 2 is 1.75 bits per heavy atom. The summed E-state index contributed by atoms with van der Waals surface area (Å²) in [5, 5.41) is 0. The zero-order valence-electron chi connectivity index (χ0n) is 9.97. The summed E-state index contributed by atoms with van der Waals surface area (Å²) in [4.78, 5) is 13.7. The standard InChI is InChI=1S/C13H18N2O/c1-13(2,3)15-11(10(14)12(15)16)9-7-5-4-6-8-9/h4-8,10-11H,14H2,1-3H3. The second-order valence-corrected chi connectivity index (χ2v) is 5.26. The van der Waals surface area contributed by atoms with Gasteiger partial charge in [0, 0.05) is 5.54 Å². The van der Waals surface area contributed by atoms with E-state index in [1.807, 2.05) is 56.0 Å². The molecule has 2 unspecified atom stereocenters. The molecule has 1 amide bonds. The van der Waals surface area contributed by atoms with E-state index in [0.717, 1.165) is 5.56 Å². The van der Waals surface area contributed by atoms with Gasteiger partial charge in [0.25, 0.3) is 0 Å². The lowest BCUT2D eigenvalue weighted by molar-refractivity contribution is -0.158. The fraction of sp³-hybridized carbons (Fsp3) is 0.462. The summed E-state index contributed by atoms with van der Waals surface area (Å²) in [5.41, 5.74) is 6.84. The van der Waals surface area contributed by atoms with Crippen LogP contribution >= 0.6 is 0 Å². The van der Waals surface area contributed by atoms with Gasteiger partial charge in [0.2, 0.25) is 5.91 Å². The molecule has 1 heterocycles. The molecule has 86 valence electrons. The Hall–Kier alpha value is -1.35. The van der Waals surface area contributed by atoms with Gasteiger partial charge in [-0.3, -0.25) is 4.79 Å². The molecule has 1 aliphatic rings. The molecule has 2 N–H and O–H groups in total. The van der Waals surface area contributed by atoms with E-state index < -0.39 is 0 Å². The Morgan fingerprint density at radius 1 is 1.19 bits per heavy atom. The number of nitrogens with zero attached hydrogens (tertiary/aromatic N) is 1. The minimum absolute atomic E-state index is 0.0219. The smallest absolute Gasteiger partial charge is 0.243 e. The first-order valence-corrected chi connectivity index (χ1v) is 5.56. The van der Waals surface area contributed by atoms with Gasteiger partial charge in [-0.25, -0.2) is 0 Å². The van der Waals surface area contributed by atoms with Gasteiger partial charge in [0.15, 0.2) is 0 Å². The Labute approximate surface area is 96.2 Å². The zero-order chi connectivity index (χ0) is 11.9. The lowest BCUT2D eigenvalue weighted by Crippen LogP contribution is -2.68. The molecule has 2 atom stereocenters. The highest BCUT2D eigenvalue weighted by Crippen LogP contribution is 2.39. The SMILES string of the molecule is CC(C)(C)N1C(=O)C(N)C1c1ccccc1. The van der Waals surface area contributed by atoms with E-state index in [4.69, 9.17) is 5.73 Å². The Balaban J connectivity index is 2.31. The normalized spacial score (nSPS) is 25.5. The highest BCUT2D eigenvalue weighted by atomic mass is 16.2. The molecule has 0 aliphatic carbocycles. The van der Waals surface area contributed by atoms with Crippen molar-refractivity contribution in [2.24, 2.45) is 5.73 Å². The van der Waals surface area contributed by atoms with Crippen LogP contribution in [0.4, 0.5) is 0 Å². The largest absolute Gasteiger partial charge is 0.327 e. The molecule has 0 saturated carbocycles. The lowest BCUT2D eigenvalue weighted by atomic mass is 9.84. The van der Waals surface area contributed by atoms with Gasteiger partial charge < -0.3 is 10.6 Å². The van der Waals surface area contributed by atoms with E-state index in [0.29, 0.717) is 0 Å². The van der Waals surface area contributed by atoms with Gasteiger partial charge in [-0.1, -0.05) is 30.3 Å². The van der Waals surface area contributed by atoms with Crippen molar-refractivity contribution in [1.29, 1.82) is 0 Å². The van der Waals surface area contributed by atoms with Crippen LogP contribution in [-0.4, -0.2) is 22.4 Å². The highest BCUT2D eigenvalue weighted by molar-refractivity contribution is 5.90. The highest BCUT2D eigenvalue weighted by Gasteiger charge is 2.50. The predicted molar refractivity (Wildman–Crippen MR) is 63.8 cm³/mol. The number of hydrogen-bond acceptors (Lipinski definition) is 2. The van der Waals surface area contributed by atoms with Crippen molar-refractivity contribution >= 4 is 5.91 Å². The van der Waals surface area contributed by atoms with Crippen LogP contribution in [0, 0.1) is 0 Å². The van der Waals surface area contributed by atoms with Gasteiger partial charge in [-0.05, 0) is 26.3 Å². The number of rotatable bonds is 1. The first-order chi connectivity index (χ1) is 7.43. The summed E-state index contributed by atoms with van der Waals surface area (Å²) >= 11 is 0. The van der Waals surface area contributed by atoms with Gasteiger partial charge in [-0.2, -0.15) is 0 Å². The van der Waals surface area contributed by atoms with Crippen LogP contribution < -0.4 is 5.73 Å². The lowest BCUT2D eigenvalue weighted by Gasteiger charge is -2.52. The summed E-state index contributed by atoms with van der Waals surface area (Å²) in [6.07, 6.45) is 0. The Morgan fingerprint density at radius 3 is 2.25 bits per heavy atom. The van der Waals surface area contributed by atoms with E-state index in [2.05, 4.69) is 0 Å². The first kappa shape index (κ1) is 11.1. The topological polar surface area (TPSA) is 46.3 Å². The summed E-state index contributed by atoms with van der Waals surface area (Å²) < 4.78 is 0. The van der Waals surface area contributed by atoms with E-state index in [-0.39, 0.29) is 23.5 Å². The molecule has 3 heteroatoms. The molecule has 0 aromatic heterocycles. The maximum absolute atomic E-state index is 11.8. The third kappa shape index (κ3) is 1.61. The second kappa shape index (κ2) is 3.59. The minimum Gasteiger partial charge on any atom is -0.327 e. The van der Waals surface area contributed by atoms with Crippen molar-refractivity contribution in [1.82, 2.24) is 4.90 Å². The van der Waals surface area contributed by atoms with Crippen molar-refractivity contribution in [3.05, 3.63) is 35.9 Å². The first-order valence-electron chi connectivity index (χ1n) is 5.56. The maximum atomic E-state index is 11.8. The van der Waals surface area contributed by atoms with Crippen LogP contribution in [-0.2, 0) is 4.79 Å². The zero-order valence-corrected chi connectivity index (χ0v) is 9.97. The third-order valence-corrected chi connectivity index (χ3v) is 3.00. The summed E-state index contributed by atoms with van der Waals surface area (Å²) in [5.74, 6) is 0.0429. The number of hydrogen-bond donors (Lipinski definition) is 1. The van der Waals surface area contributed by atoms with E-state index in [1.165, 1.54) is 0 Å². The van der Waals surface area contributed by atoms with Crippen LogP contribution in [0.25, 0.3) is 0 Å². The van der Waals surface area contributed by atoms with Crippen LogP contribution in [0.2, 0.25) is 0 Å². The number of amides is 1. The van der Waals surface area contributed by atoms with Crippen molar-refractivity contribution in [2.75, 3.05) is 0 Å². The molecule has 1 aromatic carbocycles. The molecule has 0 bridgehead atoms. The van der Waals surface area contributed by atoms with Gasteiger partial charge in [-0.15, -0.1) is 0 Å². The fourth-order valence-corrected chi connectivity index (χ4v) is 2.27. The van der Waals surface area contributed by atoms with E-state index in [9.17, 15) is 4.79 Å². The Bertz CT molecular complexity index is 394. The summed E-state index contributed by atoms with van der Waals surface area (Å²) in [6.45, 7) is 6.10. The monoisotopic (exact) mass is 218 g/mol. The number of benzene rings is 1. The van der Waals surface area contributed by atoms with Crippen molar-refractivity contribution in [3.8, 4) is 0 Å². The van der Waals surface area contributed by atoms with Gasteiger partial charge in [0.05, 0.1) is 6.04 Å². The van der Waals surface area contributed by atoms with Crippen molar-refractivity contribution in [3.63, 3.8) is 0 Å². The summed E-state index contributed by atoms with van der Waals surface area (Å²) in [7, 11) is 0. The average molecular weight is 218 g/mol. The number of nitrogens with two attached hydrogens (primary N) is 1. The van der Waals surface area contributed by atoms with Crippen LogP contribution in [0.15, 0.2) is 30.3 Å². The number of likely N-dealkylation sites (tertiary alicyclic amines) is 1. The van der Waals surface area contributed by atoms with Crippen LogP contribution in [0.5, 0.6) is 0 Å². The quantitative estimate of drug-likeness (QED) is 0.729. The number of carbonyl (C=O) groups is 1. The molecule has 2 rings (SSSR count).